The monoisotopic (exact) mass is 327 g/mol. The van der Waals surface area contributed by atoms with Gasteiger partial charge in [0.25, 0.3) is 5.91 Å². The van der Waals surface area contributed by atoms with Crippen LogP contribution in [0.15, 0.2) is 16.6 Å². The normalized spacial score (nSPS) is 15.4. The van der Waals surface area contributed by atoms with Crippen LogP contribution < -0.4 is 4.74 Å². The third-order valence-electron chi connectivity index (χ3n) is 3.18. The third-order valence-corrected chi connectivity index (χ3v) is 3.84. The first-order chi connectivity index (χ1) is 9.15. The number of amides is 1. The van der Waals surface area contributed by atoms with Gasteiger partial charge in [0.2, 0.25) is 0 Å². The summed E-state index contributed by atoms with van der Waals surface area (Å²) in [6, 6.07) is 3.75. The van der Waals surface area contributed by atoms with Gasteiger partial charge in [-0.1, -0.05) is 0 Å². The zero-order chi connectivity index (χ0) is 13.8. The van der Waals surface area contributed by atoms with E-state index >= 15 is 0 Å². The van der Waals surface area contributed by atoms with E-state index in [0.717, 1.165) is 15.8 Å². The Labute approximate surface area is 121 Å². The summed E-state index contributed by atoms with van der Waals surface area (Å²) >= 11 is 3.47. The maximum atomic E-state index is 12.6. The molecule has 0 radical (unpaired) electrons. The summed E-state index contributed by atoms with van der Waals surface area (Å²) in [6.07, 6.45) is 0. The molecule has 0 atom stereocenters. The summed E-state index contributed by atoms with van der Waals surface area (Å²) in [5.41, 5.74) is 1.57. The minimum atomic E-state index is 0.0363. The summed E-state index contributed by atoms with van der Waals surface area (Å²) in [5, 5.41) is 0. The summed E-state index contributed by atoms with van der Waals surface area (Å²) in [4.78, 5) is 14.4. The van der Waals surface area contributed by atoms with Crippen LogP contribution in [0.3, 0.4) is 0 Å². The van der Waals surface area contributed by atoms with Gasteiger partial charge >= 0.3 is 0 Å². The fourth-order valence-electron chi connectivity index (χ4n) is 2.16. The molecule has 0 bridgehead atoms. The van der Waals surface area contributed by atoms with Crippen LogP contribution in [0.1, 0.15) is 22.8 Å². The molecule has 0 saturated carbocycles. The Balaban J connectivity index is 2.31. The molecule has 5 heteroatoms. The number of hydrogen-bond donors (Lipinski definition) is 0. The molecule has 0 N–H and O–H groups in total. The maximum absolute atomic E-state index is 12.6. The van der Waals surface area contributed by atoms with E-state index in [1.807, 2.05) is 30.9 Å². The Bertz CT molecular complexity index is 470. The predicted octanol–water partition coefficient (Wildman–Crippen LogP) is 2.63. The highest BCUT2D eigenvalue weighted by atomic mass is 79.9. The van der Waals surface area contributed by atoms with Gasteiger partial charge in [-0.3, -0.25) is 4.79 Å². The fourth-order valence-corrected chi connectivity index (χ4v) is 2.76. The number of nitrogens with zero attached hydrogens (tertiary/aromatic N) is 1. The Hall–Kier alpha value is -1.07. The van der Waals surface area contributed by atoms with Gasteiger partial charge in [-0.25, -0.2) is 0 Å². The largest absolute Gasteiger partial charge is 0.494 e. The quantitative estimate of drug-likeness (QED) is 0.856. The minimum absolute atomic E-state index is 0.0363. The van der Waals surface area contributed by atoms with E-state index in [-0.39, 0.29) is 5.91 Å². The molecule has 0 aliphatic carbocycles. The summed E-state index contributed by atoms with van der Waals surface area (Å²) in [5.74, 6) is 0.802. The smallest absolute Gasteiger partial charge is 0.255 e. The van der Waals surface area contributed by atoms with Crippen LogP contribution in [0.4, 0.5) is 0 Å². The standard InChI is InChI=1S/C14H18BrNO3/c1-3-19-12-5-4-11(15)13(10(12)2)14(17)16-6-8-18-9-7-16/h4-5H,3,6-9H2,1-2H3. The van der Waals surface area contributed by atoms with Crippen molar-refractivity contribution in [2.45, 2.75) is 13.8 Å². The molecule has 2 rings (SSSR count). The average molecular weight is 328 g/mol. The molecule has 1 aromatic rings. The van der Waals surface area contributed by atoms with Gasteiger partial charge in [0.15, 0.2) is 0 Å². The molecule has 0 aromatic heterocycles. The highest BCUT2D eigenvalue weighted by molar-refractivity contribution is 9.10. The topological polar surface area (TPSA) is 38.8 Å². The molecule has 1 amide bonds. The molecule has 1 aromatic carbocycles. The maximum Gasteiger partial charge on any atom is 0.255 e. The van der Waals surface area contributed by atoms with Crippen LogP contribution >= 0.6 is 15.9 Å². The molecule has 0 spiro atoms. The molecule has 0 unspecified atom stereocenters. The highest BCUT2D eigenvalue weighted by Crippen LogP contribution is 2.29. The van der Waals surface area contributed by atoms with Gasteiger partial charge in [-0.05, 0) is 41.9 Å². The molecule has 104 valence electrons. The van der Waals surface area contributed by atoms with Gasteiger partial charge in [-0.15, -0.1) is 0 Å². The average Bonchev–Trinajstić information content (AvgIpc) is 2.43. The van der Waals surface area contributed by atoms with Crippen molar-refractivity contribution in [1.29, 1.82) is 0 Å². The molecule has 4 nitrogen and oxygen atoms in total. The van der Waals surface area contributed by atoms with Crippen LogP contribution in [0.5, 0.6) is 5.75 Å². The molecule has 1 heterocycles. The van der Waals surface area contributed by atoms with Crippen LogP contribution in [0.2, 0.25) is 0 Å². The van der Waals surface area contributed by atoms with Crippen molar-refractivity contribution in [3.63, 3.8) is 0 Å². The van der Waals surface area contributed by atoms with Gasteiger partial charge in [-0.2, -0.15) is 0 Å². The Morgan fingerprint density at radius 1 is 1.42 bits per heavy atom. The van der Waals surface area contributed by atoms with Gasteiger partial charge in [0.05, 0.1) is 25.4 Å². The number of carbonyl (C=O) groups excluding carboxylic acids is 1. The zero-order valence-corrected chi connectivity index (χ0v) is 12.8. The molecule has 1 aliphatic rings. The second kappa shape index (κ2) is 6.39. The van der Waals surface area contributed by atoms with E-state index in [0.29, 0.717) is 38.5 Å². The molecule has 1 aliphatic heterocycles. The second-order valence-electron chi connectivity index (χ2n) is 4.38. The van der Waals surface area contributed by atoms with E-state index in [2.05, 4.69) is 15.9 Å². The van der Waals surface area contributed by atoms with Crippen molar-refractivity contribution in [3.8, 4) is 5.75 Å². The first-order valence-electron chi connectivity index (χ1n) is 6.44. The van der Waals surface area contributed by atoms with Crippen LogP contribution in [-0.2, 0) is 4.74 Å². The summed E-state index contributed by atoms with van der Waals surface area (Å²) in [7, 11) is 0. The molecule has 19 heavy (non-hydrogen) atoms. The van der Waals surface area contributed by atoms with Crippen molar-refractivity contribution in [1.82, 2.24) is 4.90 Å². The van der Waals surface area contributed by atoms with Crippen molar-refractivity contribution in [2.24, 2.45) is 0 Å². The lowest BCUT2D eigenvalue weighted by Crippen LogP contribution is -2.41. The van der Waals surface area contributed by atoms with E-state index in [4.69, 9.17) is 9.47 Å². The van der Waals surface area contributed by atoms with Gasteiger partial charge in [0, 0.05) is 23.1 Å². The number of carbonyl (C=O) groups is 1. The van der Waals surface area contributed by atoms with E-state index in [9.17, 15) is 4.79 Å². The van der Waals surface area contributed by atoms with Gasteiger partial charge in [0.1, 0.15) is 5.75 Å². The second-order valence-corrected chi connectivity index (χ2v) is 5.24. The minimum Gasteiger partial charge on any atom is -0.494 e. The number of hydrogen-bond acceptors (Lipinski definition) is 3. The Morgan fingerprint density at radius 3 is 2.74 bits per heavy atom. The van der Waals surface area contributed by atoms with Crippen molar-refractivity contribution in [2.75, 3.05) is 32.9 Å². The summed E-state index contributed by atoms with van der Waals surface area (Å²) in [6.45, 7) is 6.94. The number of ether oxygens (including phenoxy) is 2. The van der Waals surface area contributed by atoms with Crippen molar-refractivity contribution >= 4 is 21.8 Å². The Morgan fingerprint density at radius 2 is 2.11 bits per heavy atom. The van der Waals surface area contributed by atoms with E-state index < -0.39 is 0 Å². The van der Waals surface area contributed by atoms with E-state index in [1.54, 1.807) is 0 Å². The molecule has 1 saturated heterocycles. The highest BCUT2D eigenvalue weighted by Gasteiger charge is 2.23. The van der Waals surface area contributed by atoms with Gasteiger partial charge < -0.3 is 14.4 Å². The number of halogens is 1. The Kier molecular flexibility index (Phi) is 4.82. The lowest BCUT2D eigenvalue weighted by Gasteiger charge is -2.28. The van der Waals surface area contributed by atoms with E-state index in [1.165, 1.54) is 0 Å². The van der Waals surface area contributed by atoms with Crippen LogP contribution in [0, 0.1) is 6.92 Å². The summed E-state index contributed by atoms with van der Waals surface area (Å²) < 4.78 is 11.6. The lowest BCUT2D eigenvalue weighted by molar-refractivity contribution is 0.0301. The first kappa shape index (κ1) is 14.3. The molecule has 1 fully saturated rings. The zero-order valence-electron chi connectivity index (χ0n) is 11.2. The number of benzene rings is 1. The number of morpholine rings is 1. The fraction of sp³-hybridized carbons (Fsp3) is 0.500. The molecular formula is C14H18BrNO3. The SMILES string of the molecule is CCOc1ccc(Br)c(C(=O)N2CCOCC2)c1C. The van der Waals surface area contributed by atoms with Crippen molar-refractivity contribution in [3.05, 3.63) is 27.7 Å². The first-order valence-corrected chi connectivity index (χ1v) is 7.23. The molecular weight excluding hydrogens is 310 g/mol. The van der Waals surface area contributed by atoms with Crippen LogP contribution in [0.25, 0.3) is 0 Å². The third kappa shape index (κ3) is 3.09. The lowest BCUT2D eigenvalue weighted by atomic mass is 10.1. The number of rotatable bonds is 3. The van der Waals surface area contributed by atoms with Crippen LogP contribution in [-0.4, -0.2) is 43.7 Å². The predicted molar refractivity (Wildman–Crippen MR) is 76.8 cm³/mol. The van der Waals surface area contributed by atoms with Crippen molar-refractivity contribution < 1.29 is 14.3 Å².